The maximum absolute atomic E-state index is 9.46. The smallest absolute Gasteiger partial charge is 0.232 e. The van der Waals surface area contributed by atoms with E-state index >= 15 is 0 Å². The van der Waals surface area contributed by atoms with Crippen molar-refractivity contribution in [2.24, 2.45) is 5.73 Å². The summed E-state index contributed by atoms with van der Waals surface area (Å²) in [5.41, 5.74) is 6.31. The molecule has 0 aliphatic heterocycles. The molecule has 0 aliphatic carbocycles. The topological polar surface area (TPSA) is 56.0 Å². The van der Waals surface area contributed by atoms with Crippen molar-refractivity contribution in [2.45, 2.75) is 0 Å². The van der Waals surface area contributed by atoms with Crippen LogP contribution in [0.5, 0.6) is 0 Å². The van der Waals surface area contributed by atoms with Gasteiger partial charge in [-0.1, -0.05) is 0 Å². The fourth-order valence-corrected chi connectivity index (χ4v) is 0.527. The Morgan fingerprint density at radius 1 is 1.80 bits per heavy atom. The number of thiazole rings is 1. The highest BCUT2D eigenvalue weighted by molar-refractivity contribution is 7.07. The molecule has 0 aromatic carbocycles. The zero-order valence-corrected chi connectivity index (χ0v) is 6.73. The molecule has 0 saturated heterocycles. The third kappa shape index (κ3) is 7.39. The van der Waals surface area contributed by atoms with Crippen molar-refractivity contribution in [1.29, 1.82) is 0 Å². The van der Waals surface area contributed by atoms with E-state index in [9.17, 15) is 4.79 Å². The van der Waals surface area contributed by atoms with Gasteiger partial charge in [0.15, 0.2) is 0 Å². The summed E-state index contributed by atoms with van der Waals surface area (Å²) in [5, 5.41) is 1.93. The number of hydrogen-bond donors (Lipinski definition) is 1. The summed E-state index contributed by atoms with van der Waals surface area (Å²) in [7, 11) is 0. The number of amides is 1. The van der Waals surface area contributed by atoms with Gasteiger partial charge in [0.25, 0.3) is 0 Å². The lowest BCUT2D eigenvalue weighted by Crippen LogP contribution is -2.10. The first-order valence-electron chi connectivity index (χ1n) is 2.43. The van der Waals surface area contributed by atoms with Crippen LogP contribution < -0.4 is 5.73 Å². The molecule has 0 fully saturated rings. The Labute approximate surface area is 67.8 Å². The zero-order chi connectivity index (χ0) is 7.82. The van der Waals surface area contributed by atoms with Crippen molar-refractivity contribution in [3.8, 4) is 0 Å². The van der Waals surface area contributed by atoms with E-state index < -0.39 is 5.91 Å². The van der Waals surface area contributed by atoms with Crippen molar-refractivity contribution >= 4 is 28.8 Å². The van der Waals surface area contributed by atoms with Crippen molar-refractivity contribution in [3.05, 3.63) is 17.1 Å². The number of nitrogens with zero attached hydrogens (tertiary/aromatic N) is 1. The van der Waals surface area contributed by atoms with Gasteiger partial charge in [-0.05, 0) is 0 Å². The number of primary amides is 1. The number of hydrogen-bond acceptors (Lipinski definition) is 3. The summed E-state index contributed by atoms with van der Waals surface area (Å²) in [4.78, 5) is 13.2. The van der Waals surface area contributed by atoms with Crippen molar-refractivity contribution in [3.63, 3.8) is 0 Å². The van der Waals surface area contributed by atoms with Crippen molar-refractivity contribution < 1.29 is 4.79 Å². The van der Waals surface area contributed by atoms with Crippen LogP contribution in [-0.4, -0.2) is 16.8 Å². The summed E-state index contributed by atoms with van der Waals surface area (Å²) in [6.07, 6.45) is 1.77. The minimum Gasteiger partial charge on any atom is -0.369 e. The van der Waals surface area contributed by atoms with Gasteiger partial charge in [0.05, 0.1) is 5.51 Å². The van der Waals surface area contributed by atoms with Crippen LogP contribution >= 0.6 is 22.9 Å². The highest BCUT2D eigenvalue weighted by Crippen LogP contribution is 1.85. The number of alkyl halides is 1. The molecule has 1 amide bonds. The maximum atomic E-state index is 9.46. The van der Waals surface area contributed by atoms with Gasteiger partial charge in [-0.25, -0.2) is 0 Å². The highest BCUT2D eigenvalue weighted by Gasteiger charge is 1.79. The van der Waals surface area contributed by atoms with Crippen molar-refractivity contribution in [2.75, 3.05) is 5.88 Å². The Morgan fingerprint density at radius 3 is 2.50 bits per heavy atom. The number of nitrogens with two attached hydrogens (primary N) is 1. The number of halogens is 1. The first kappa shape index (κ1) is 9.39. The van der Waals surface area contributed by atoms with Gasteiger partial charge in [-0.15, -0.1) is 22.9 Å². The summed E-state index contributed by atoms with van der Waals surface area (Å²) in [6.45, 7) is 0. The van der Waals surface area contributed by atoms with Crippen LogP contribution in [0.3, 0.4) is 0 Å². The summed E-state index contributed by atoms with van der Waals surface area (Å²) < 4.78 is 0. The molecule has 0 radical (unpaired) electrons. The monoisotopic (exact) mass is 178 g/mol. The Morgan fingerprint density at radius 2 is 2.40 bits per heavy atom. The zero-order valence-electron chi connectivity index (χ0n) is 5.16. The third-order valence-corrected chi connectivity index (χ3v) is 1.26. The van der Waals surface area contributed by atoms with Gasteiger partial charge >= 0.3 is 0 Å². The second-order valence-corrected chi connectivity index (χ2v) is 2.30. The normalized spacial score (nSPS) is 7.70. The van der Waals surface area contributed by atoms with Gasteiger partial charge in [-0.3, -0.25) is 9.78 Å². The van der Waals surface area contributed by atoms with Gasteiger partial charge in [-0.2, -0.15) is 0 Å². The molecule has 0 atom stereocenters. The quantitative estimate of drug-likeness (QED) is 0.649. The molecule has 1 heterocycles. The fourth-order valence-electron chi connectivity index (χ4n) is 0.176. The van der Waals surface area contributed by atoms with Crippen LogP contribution in [0.1, 0.15) is 0 Å². The standard InChI is InChI=1S/C3H3NS.C2H4ClNO/c1-2-5-3-4-1;3-1-2(4)5/h1-3H;1H2,(H2,4,5). The minimum absolute atomic E-state index is 0.0833. The van der Waals surface area contributed by atoms with Gasteiger partial charge in [0.2, 0.25) is 5.91 Å². The Hall–Kier alpha value is -0.610. The van der Waals surface area contributed by atoms with E-state index in [2.05, 4.69) is 10.7 Å². The molecule has 1 aromatic heterocycles. The highest BCUT2D eigenvalue weighted by atomic mass is 35.5. The molecule has 5 heteroatoms. The molecule has 0 aliphatic rings. The third-order valence-electron chi connectivity index (χ3n) is 0.479. The average molecular weight is 179 g/mol. The fraction of sp³-hybridized carbons (Fsp3) is 0.200. The predicted molar refractivity (Wildman–Crippen MR) is 42.0 cm³/mol. The molecule has 0 bridgehead atoms. The van der Waals surface area contributed by atoms with E-state index in [-0.39, 0.29) is 5.88 Å². The van der Waals surface area contributed by atoms with E-state index in [1.54, 1.807) is 23.0 Å². The second kappa shape index (κ2) is 6.51. The first-order valence-corrected chi connectivity index (χ1v) is 3.91. The Balaban J connectivity index is 0.000000162. The van der Waals surface area contributed by atoms with Gasteiger partial charge in [0.1, 0.15) is 5.88 Å². The van der Waals surface area contributed by atoms with E-state index in [4.69, 9.17) is 11.6 Å². The largest absolute Gasteiger partial charge is 0.369 e. The number of carbonyl (C=O) groups excluding carboxylic acids is 1. The molecule has 1 aromatic rings. The number of carbonyl (C=O) groups is 1. The average Bonchev–Trinajstić information content (AvgIpc) is 2.43. The summed E-state index contributed by atoms with van der Waals surface area (Å²) >= 11 is 6.46. The number of rotatable bonds is 1. The van der Waals surface area contributed by atoms with Crippen LogP contribution in [0.2, 0.25) is 0 Å². The van der Waals surface area contributed by atoms with Crippen LogP contribution in [0.25, 0.3) is 0 Å². The molecule has 0 unspecified atom stereocenters. The van der Waals surface area contributed by atoms with Crippen LogP contribution in [0.15, 0.2) is 17.1 Å². The summed E-state index contributed by atoms with van der Waals surface area (Å²) in [6, 6.07) is 0. The Kier molecular flexibility index (Phi) is 6.11. The molecular formula is C5H7ClN2OS. The molecule has 3 nitrogen and oxygen atoms in total. The SMILES string of the molecule is NC(=O)CCl.c1cscn1. The molecule has 56 valence electrons. The molecule has 0 spiro atoms. The summed E-state index contributed by atoms with van der Waals surface area (Å²) in [5.74, 6) is -0.563. The minimum atomic E-state index is -0.480. The van der Waals surface area contributed by atoms with Crippen molar-refractivity contribution in [1.82, 2.24) is 4.98 Å². The van der Waals surface area contributed by atoms with E-state index in [1.807, 2.05) is 5.38 Å². The molecule has 1 rings (SSSR count). The van der Waals surface area contributed by atoms with E-state index in [0.717, 1.165) is 0 Å². The lowest BCUT2D eigenvalue weighted by molar-refractivity contribution is -0.115. The molecule has 2 N–H and O–H groups in total. The molecule has 10 heavy (non-hydrogen) atoms. The predicted octanol–water partition coefficient (Wildman–Crippen LogP) is 0.854. The van der Waals surface area contributed by atoms with Gasteiger partial charge < -0.3 is 5.73 Å². The van der Waals surface area contributed by atoms with Crippen LogP contribution in [0.4, 0.5) is 0 Å². The van der Waals surface area contributed by atoms with Crippen LogP contribution in [0, 0.1) is 0 Å². The molecule has 0 saturated carbocycles. The maximum Gasteiger partial charge on any atom is 0.232 e. The lowest BCUT2D eigenvalue weighted by atomic mass is 10.8. The second-order valence-electron chi connectivity index (χ2n) is 1.28. The number of aromatic nitrogens is 1. The van der Waals surface area contributed by atoms with E-state index in [1.165, 1.54) is 0 Å². The molecular weight excluding hydrogens is 172 g/mol. The first-order chi connectivity index (χ1) is 4.77. The van der Waals surface area contributed by atoms with E-state index in [0.29, 0.717) is 0 Å². The Bertz CT molecular complexity index is 149. The van der Waals surface area contributed by atoms with Crippen LogP contribution in [-0.2, 0) is 4.79 Å². The van der Waals surface area contributed by atoms with Gasteiger partial charge in [0, 0.05) is 11.6 Å². The lowest BCUT2D eigenvalue weighted by Gasteiger charge is -1.71.